The number of carbonyl (C=O) groups is 1. The molecule has 2 aromatic rings. The van der Waals surface area contributed by atoms with Crippen molar-refractivity contribution in [3.63, 3.8) is 0 Å². The fourth-order valence-electron chi connectivity index (χ4n) is 1.74. The van der Waals surface area contributed by atoms with Gasteiger partial charge in [-0.1, -0.05) is 23.2 Å². The number of nitrogens with zero attached hydrogens (tertiary/aromatic N) is 1. The fourth-order valence-corrected chi connectivity index (χ4v) is 2.23. The van der Waals surface area contributed by atoms with Crippen molar-refractivity contribution in [1.29, 1.82) is 0 Å². The third-order valence-corrected chi connectivity index (χ3v) is 3.28. The van der Waals surface area contributed by atoms with Crippen molar-refractivity contribution in [2.24, 2.45) is 0 Å². The lowest BCUT2D eigenvalue weighted by atomic mass is 10.1. The summed E-state index contributed by atoms with van der Waals surface area (Å²) in [6, 6.07) is 8.72. The molecular formula is C15H13Cl2NO3. The van der Waals surface area contributed by atoms with Gasteiger partial charge >= 0.3 is 5.97 Å². The Kier molecular flexibility index (Phi) is 5.04. The van der Waals surface area contributed by atoms with Crippen molar-refractivity contribution < 1.29 is 14.3 Å². The minimum Gasteiger partial charge on any atom is -0.479 e. The summed E-state index contributed by atoms with van der Waals surface area (Å²) in [6.45, 7) is 1.62. The lowest BCUT2D eigenvalue weighted by Crippen LogP contribution is -2.24. The van der Waals surface area contributed by atoms with Crippen LogP contribution >= 0.6 is 23.2 Å². The smallest absolute Gasteiger partial charge is 0.346 e. The molecule has 4 nitrogen and oxygen atoms in total. The second kappa shape index (κ2) is 6.78. The molecule has 0 saturated heterocycles. The van der Waals surface area contributed by atoms with E-state index in [-0.39, 0.29) is 0 Å². The predicted molar refractivity (Wildman–Crippen MR) is 81.8 cm³/mol. The van der Waals surface area contributed by atoms with Crippen molar-refractivity contribution in [3.05, 3.63) is 46.6 Å². The number of pyridine rings is 1. The van der Waals surface area contributed by atoms with Crippen LogP contribution in [-0.2, 0) is 9.53 Å². The fraction of sp³-hybridized carbons (Fsp3) is 0.200. The summed E-state index contributed by atoms with van der Waals surface area (Å²) in [5, 5.41) is 0.953. The predicted octanol–water partition coefficient (Wildman–Crippen LogP) is 4.00. The molecule has 6 heteroatoms. The Labute approximate surface area is 132 Å². The molecule has 0 saturated carbocycles. The van der Waals surface area contributed by atoms with Gasteiger partial charge in [0.25, 0.3) is 0 Å². The average Bonchev–Trinajstić information content (AvgIpc) is 2.47. The summed E-state index contributed by atoms with van der Waals surface area (Å²) >= 11 is 11.9. The van der Waals surface area contributed by atoms with E-state index >= 15 is 0 Å². The third-order valence-electron chi connectivity index (χ3n) is 2.78. The van der Waals surface area contributed by atoms with Crippen molar-refractivity contribution >= 4 is 29.2 Å². The van der Waals surface area contributed by atoms with Crippen LogP contribution in [0.25, 0.3) is 11.3 Å². The van der Waals surface area contributed by atoms with Crippen molar-refractivity contribution in [3.8, 4) is 17.0 Å². The van der Waals surface area contributed by atoms with Gasteiger partial charge in [0.1, 0.15) is 5.75 Å². The molecule has 1 aromatic heterocycles. The molecule has 0 spiro atoms. The number of esters is 1. The third kappa shape index (κ3) is 3.86. The highest BCUT2D eigenvalue weighted by atomic mass is 35.5. The zero-order chi connectivity index (χ0) is 15.4. The maximum Gasteiger partial charge on any atom is 0.346 e. The Morgan fingerprint density at radius 2 is 1.90 bits per heavy atom. The minimum atomic E-state index is -0.668. The zero-order valence-electron chi connectivity index (χ0n) is 11.5. The van der Waals surface area contributed by atoms with Crippen LogP contribution in [0, 0.1) is 0 Å². The van der Waals surface area contributed by atoms with Crippen LogP contribution in [0.5, 0.6) is 5.75 Å². The van der Waals surface area contributed by atoms with Gasteiger partial charge in [-0.25, -0.2) is 4.79 Å². The first-order valence-electron chi connectivity index (χ1n) is 6.17. The number of hydrogen-bond acceptors (Lipinski definition) is 4. The van der Waals surface area contributed by atoms with E-state index < -0.39 is 12.1 Å². The molecule has 0 fully saturated rings. The van der Waals surface area contributed by atoms with Crippen LogP contribution in [0.4, 0.5) is 0 Å². The molecule has 1 atom stereocenters. The first-order chi connectivity index (χ1) is 10.0. The van der Waals surface area contributed by atoms with Crippen LogP contribution in [0.1, 0.15) is 6.92 Å². The summed E-state index contributed by atoms with van der Waals surface area (Å²) in [7, 11) is 1.32. The number of aromatic nitrogens is 1. The molecule has 2 rings (SSSR count). The van der Waals surface area contributed by atoms with Crippen molar-refractivity contribution in [1.82, 2.24) is 4.98 Å². The van der Waals surface area contributed by atoms with E-state index in [9.17, 15) is 4.79 Å². The number of halogens is 2. The maximum atomic E-state index is 11.3. The lowest BCUT2D eigenvalue weighted by Gasteiger charge is -2.12. The summed E-state index contributed by atoms with van der Waals surface area (Å²) in [4.78, 5) is 15.5. The molecule has 0 amide bonds. The minimum absolute atomic E-state index is 0.429. The SMILES string of the molecule is COC(=O)C(C)Oc1ccc(-c2ncc(Cl)cc2Cl)cc1. The monoisotopic (exact) mass is 325 g/mol. The molecule has 0 radical (unpaired) electrons. The Morgan fingerprint density at radius 1 is 1.24 bits per heavy atom. The van der Waals surface area contributed by atoms with E-state index in [2.05, 4.69) is 9.72 Å². The summed E-state index contributed by atoms with van der Waals surface area (Å²) in [6.07, 6.45) is 0.866. The zero-order valence-corrected chi connectivity index (χ0v) is 13.0. The Morgan fingerprint density at radius 3 is 2.48 bits per heavy atom. The van der Waals surface area contributed by atoms with E-state index in [1.165, 1.54) is 13.3 Å². The van der Waals surface area contributed by atoms with Gasteiger partial charge in [-0.3, -0.25) is 4.98 Å². The van der Waals surface area contributed by atoms with Gasteiger partial charge in [0.2, 0.25) is 0 Å². The molecule has 0 N–H and O–H groups in total. The standard InChI is InChI=1S/C15H13Cl2NO3/c1-9(15(19)20-2)21-12-5-3-10(4-6-12)14-13(17)7-11(16)8-18-14/h3-9H,1-2H3. The van der Waals surface area contributed by atoms with E-state index in [1.807, 2.05) is 0 Å². The molecule has 0 bridgehead atoms. The Bertz CT molecular complexity index is 644. The van der Waals surface area contributed by atoms with Crippen LogP contribution < -0.4 is 4.74 Å². The number of methoxy groups -OCH3 is 1. The maximum absolute atomic E-state index is 11.3. The van der Waals surface area contributed by atoms with Gasteiger partial charge in [-0.15, -0.1) is 0 Å². The van der Waals surface area contributed by atoms with Gasteiger partial charge < -0.3 is 9.47 Å². The van der Waals surface area contributed by atoms with Gasteiger partial charge in [-0.05, 0) is 37.3 Å². The van der Waals surface area contributed by atoms with E-state index in [0.717, 1.165) is 5.56 Å². The highest BCUT2D eigenvalue weighted by Crippen LogP contribution is 2.29. The van der Waals surface area contributed by atoms with Crippen LogP contribution in [0.15, 0.2) is 36.5 Å². The Balaban J connectivity index is 2.17. The first kappa shape index (κ1) is 15.6. The highest BCUT2D eigenvalue weighted by Gasteiger charge is 2.14. The number of ether oxygens (including phenoxy) is 2. The highest BCUT2D eigenvalue weighted by molar-refractivity contribution is 6.36. The normalized spacial score (nSPS) is 11.8. The topological polar surface area (TPSA) is 48.4 Å². The molecule has 110 valence electrons. The summed E-state index contributed by atoms with van der Waals surface area (Å²) < 4.78 is 10.1. The second-order valence-corrected chi connectivity index (χ2v) is 5.14. The number of rotatable bonds is 4. The molecule has 21 heavy (non-hydrogen) atoms. The van der Waals surface area contributed by atoms with Crippen molar-refractivity contribution in [2.45, 2.75) is 13.0 Å². The van der Waals surface area contributed by atoms with E-state index in [0.29, 0.717) is 21.5 Å². The summed E-state index contributed by atoms with van der Waals surface area (Å²) in [5.74, 6) is 0.128. The molecule has 0 aliphatic rings. The molecule has 0 aliphatic heterocycles. The molecule has 1 unspecified atom stereocenters. The largest absolute Gasteiger partial charge is 0.479 e. The average molecular weight is 326 g/mol. The number of carbonyl (C=O) groups excluding carboxylic acids is 1. The number of benzene rings is 1. The summed E-state index contributed by atoms with van der Waals surface area (Å²) in [5.41, 5.74) is 1.46. The van der Waals surface area contributed by atoms with Gasteiger partial charge in [0.05, 0.1) is 22.8 Å². The molecule has 1 aromatic carbocycles. The van der Waals surface area contributed by atoms with Gasteiger partial charge in [0.15, 0.2) is 6.10 Å². The Hall–Kier alpha value is -1.78. The lowest BCUT2D eigenvalue weighted by molar-refractivity contribution is -0.147. The second-order valence-electron chi connectivity index (χ2n) is 4.29. The number of hydrogen-bond donors (Lipinski definition) is 0. The molecule has 0 aliphatic carbocycles. The quantitative estimate of drug-likeness (QED) is 0.797. The van der Waals surface area contributed by atoms with E-state index in [4.69, 9.17) is 27.9 Å². The van der Waals surface area contributed by atoms with E-state index in [1.54, 1.807) is 37.3 Å². The van der Waals surface area contributed by atoms with Gasteiger partial charge in [0, 0.05) is 11.8 Å². The van der Waals surface area contributed by atoms with Crippen LogP contribution in [0.3, 0.4) is 0 Å². The van der Waals surface area contributed by atoms with Crippen LogP contribution in [0.2, 0.25) is 10.0 Å². The van der Waals surface area contributed by atoms with Crippen molar-refractivity contribution in [2.75, 3.05) is 7.11 Å². The first-order valence-corrected chi connectivity index (χ1v) is 6.93. The van der Waals surface area contributed by atoms with Gasteiger partial charge in [-0.2, -0.15) is 0 Å². The van der Waals surface area contributed by atoms with Crippen LogP contribution in [-0.4, -0.2) is 24.2 Å². The molecular weight excluding hydrogens is 313 g/mol. The molecule has 1 heterocycles.